The summed E-state index contributed by atoms with van der Waals surface area (Å²) >= 11 is 0. The lowest BCUT2D eigenvalue weighted by molar-refractivity contribution is -0.137. The van der Waals surface area contributed by atoms with Crippen molar-refractivity contribution in [2.24, 2.45) is 7.05 Å². The fourth-order valence-electron chi connectivity index (χ4n) is 1.70. The van der Waals surface area contributed by atoms with Gasteiger partial charge >= 0.3 is 0 Å². The highest BCUT2D eigenvalue weighted by Crippen LogP contribution is 2.12. The Kier molecular flexibility index (Phi) is 2.60. The van der Waals surface area contributed by atoms with Gasteiger partial charge in [0.25, 0.3) is 11.8 Å². The van der Waals surface area contributed by atoms with Crippen LogP contribution in [0.25, 0.3) is 0 Å². The molecular formula is C11H13N3O2. The second-order valence-corrected chi connectivity index (χ2v) is 3.83. The lowest BCUT2D eigenvalue weighted by Gasteiger charge is -2.13. The predicted octanol–water partition coefficient (Wildman–Crippen LogP) is 0.278. The van der Waals surface area contributed by atoms with Gasteiger partial charge in [0.1, 0.15) is 5.82 Å². The number of nitrogens with zero attached hydrogens (tertiary/aromatic N) is 3. The molecule has 0 saturated carbocycles. The second kappa shape index (κ2) is 3.92. The Morgan fingerprint density at radius 3 is 2.62 bits per heavy atom. The first-order valence-corrected chi connectivity index (χ1v) is 5.10. The zero-order chi connectivity index (χ0) is 11.7. The number of hydrogen-bond acceptors (Lipinski definition) is 3. The summed E-state index contributed by atoms with van der Waals surface area (Å²) in [5.41, 5.74) is 0.504. The summed E-state index contributed by atoms with van der Waals surface area (Å²) in [5, 5.41) is 0. The van der Waals surface area contributed by atoms with Crippen molar-refractivity contribution in [3.63, 3.8) is 0 Å². The first-order chi connectivity index (χ1) is 7.59. The van der Waals surface area contributed by atoms with E-state index in [1.807, 2.05) is 17.8 Å². The van der Waals surface area contributed by atoms with E-state index < -0.39 is 0 Å². The lowest BCUT2D eigenvalue weighted by atomic mass is 10.3. The van der Waals surface area contributed by atoms with E-state index in [9.17, 15) is 9.59 Å². The maximum atomic E-state index is 11.6. The molecule has 0 bridgehead atoms. The van der Waals surface area contributed by atoms with Crippen LogP contribution in [0.1, 0.15) is 12.7 Å². The highest BCUT2D eigenvalue weighted by molar-refractivity contribution is 6.15. The van der Waals surface area contributed by atoms with Crippen LogP contribution in [0.15, 0.2) is 24.0 Å². The first kappa shape index (κ1) is 10.6. The van der Waals surface area contributed by atoms with Crippen LogP contribution in [-0.4, -0.2) is 32.8 Å². The van der Waals surface area contributed by atoms with E-state index in [0.29, 0.717) is 18.5 Å². The van der Waals surface area contributed by atoms with E-state index in [1.165, 1.54) is 11.0 Å². The van der Waals surface area contributed by atoms with Crippen LogP contribution in [0, 0.1) is 0 Å². The van der Waals surface area contributed by atoms with Gasteiger partial charge in [0.2, 0.25) is 0 Å². The fraction of sp³-hybridized carbons (Fsp3) is 0.364. The van der Waals surface area contributed by atoms with Gasteiger partial charge in [-0.2, -0.15) is 0 Å². The Hall–Kier alpha value is -1.91. The zero-order valence-electron chi connectivity index (χ0n) is 9.30. The van der Waals surface area contributed by atoms with E-state index >= 15 is 0 Å². The van der Waals surface area contributed by atoms with Crippen molar-refractivity contribution in [2.45, 2.75) is 13.3 Å². The zero-order valence-corrected chi connectivity index (χ0v) is 9.30. The van der Waals surface area contributed by atoms with Crippen molar-refractivity contribution >= 4 is 11.8 Å². The third-order valence-corrected chi connectivity index (χ3v) is 2.67. The van der Waals surface area contributed by atoms with Crippen LogP contribution in [-0.2, 0) is 23.1 Å². The number of imidazole rings is 1. The second-order valence-electron chi connectivity index (χ2n) is 3.83. The van der Waals surface area contributed by atoms with Crippen LogP contribution in [0.3, 0.4) is 0 Å². The maximum absolute atomic E-state index is 11.6. The summed E-state index contributed by atoms with van der Waals surface area (Å²) in [4.78, 5) is 28.4. The molecule has 5 heteroatoms. The SMILES string of the molecule is CC1=CC(=O)N(CCc2nccn2C)C1=O. The topological polar surface area (TPSA) is 55.2 Å². The van der Waals surface area contributed by atoms with Gasteiger partial charge in [-0.15, -0.1) is 0 Å². The molecule has 1 aliphatic rings. The minimum absolute atomic E-state index is 0.195. The molecule has 0 unspecified atom stereocenters. The molecule has 0 fully saturated rings. The van der Waals surface area contributed by atoms with Crippen molar-refractivity contribution in [2.75, 3.05) is 6.54 Å². The molecule has 0 saturated heterocycles. The molecule has 0 aliphatic carbocycles. The lowest BCUT2D eigenvalue weighted by Crippen LogP contribution is -2.33. The van der Waals surface area contributed by atoms with Gasteiger partial charge in [-0.3, -0.25) is 14.5 Å². The standard InChI is InChI=1S/C11H13N3O2/c1-8-7-10(15)14(11(8)16)5-3-9-12-4-6-13(9)2/h4,6-7H,3,5H2,1-2H3. The Bertz CT molecular complexity index is 473. The Labute approximate surface area is 93.4 Å². The van der Waals surface area contributed by atoms with E-state index in [0.717, 1.165) is 5.82 Å². The molecule has 16 heavy (non-hydrogen) atoms. The Morgan fingerprint density at radius 1 is 1.38 bits per heavy atom. The fourth-order valence-corrected chi connectivity index (χ4v) is 1.70. The van der Waals surface area contributed by atoms with E-state index in [-0.39, 0.29) is 11.8 Å². The molecule has 0 atom stereocenters. The number of rotatable bonds is 3. The molecular weight excluding hydrogens is 206 g/mol. The maximum Gasteiger partial charge on any atom is 0.256 e. The van der Waals surface area contributed by atoms with E-state index in [1.54, 1.807) is 13.1 Å². The van der Waals surface area contributed by atoms with Crippen LogP contribution >= 0.6 is 0 Å². The van der Waals surface area contributed by atoms with E-state index in [2.05, 4.69) is 4.98 Å². The highest BCUT2D eigenvalue weighted by Gasteiger charge is 2.27. The summed E-state index contributed by atoms with van der Waals surface area (Å²) < 4.78 is 1.88. The van der Waals surface area contributed by atoms with E-state index in [4.69, 9.17) is 0 Å². The van der Waals surface area contributed by atoms with Crippen LogP contribution in [0.2, 0.25) is 0 Å². The summed E-state index contributed by atoms with van der Waals surface area (Å²) in [5.74, 6) is 0.445. The number of carbonyl (C=O) groups is 2. The van der Waals surface area contributed by atoms with Crippen LogP contribution in [0.5, 0.6) is 0 Å². The number of amides is 2. The quantitative estimate of drug-likeness (QED) is 0.686. The van der Waals surface area contributed by atoms with Crippen molar-refractivity contribution in [1.29, 1.82) is 0 Å². The monoisotopic (exact) mass is 219 g/mol. The molecule has 2 amide bonds. The summed E-state index contributed by atoms with van der Waals surface area (Å²) in [6.07, 6.45) is 5.50. The minimum atomic E-state index is -0.225. The first-order valence-electron chi connectivity index (χ1n) is 5.10. The molecule has 5 nitrogen and oxygen atoms in total. The van der Waals surface area contributed by atoms with Gasteiger partial charge < -0.3 is 4.57 Å². The molecule has 0 spiro atoms. The normalized spacial score (nSPS) is 15.9. The number of aromatic nitrogens is 2. The number of aryl methyl sites for hydroxylation is 1. The van der Waals surface area contributed by atoms with Crippen molar-refractivity contribution in [3.05, 3.63) is 29.9 Å². The number of carbonyl (C=O) groups excluding carboxylic acids is 2. The molecule has 84 valence electrons. The molecule has 1 aromatic rings. The predicted molar refractivity (Wildman–Crippen MR) is 57.4 cm³/mol. The van der Waals surface area contributed by atoms with Gasteiger partial charge in [-0.25, -0.2) is 4.98 Å². The Balaban J connectivity index is 2.00. The third kappa shape index (κ3) is 1.76. The average molecular weight is 219 g/mol. The van der Waals surface area contributed by atoms with Crippen LogP contribution < -0.4 is 0 Å². The van der Waals surface area contributed by atoms with Gasteiger partial charge in [0.05, 0.1) is 0 Å². The molecule has 0 aromatic carbocycles. The van der Waals surface area contributed by atoms with Crippen molar-refractivity contribution in [3.8, 4) is 0 Å². The average Bonchev–Trinajstić information content (AvgIpc) is 2.72. The molecule has 2 heterocycles. The van der Waals surface area contributed by atoms with Crippen LogP contribution in [0.4, 0.5) is 0 Å². The third-order valence-electron chi connectivity index (χ3n) is 2.67. The van der Waals surface area contributed by atoms with Gasteiger partial charge in [0, 0.05) is 44.1 Å². The largest absolute Gasteiger partial charge is 0.338 e. The summed E-state index contributed by atoms with van der Waals surface area (Å²) in [7, 11) is 1.89. The van der Waals surface area contributed by atoms with Gasteiger partial charge in [-0.05, 0) is 6.92 Å². The molecule has 1 aromatic heterocycles. The minimum Gasteiger partial charge on any atom is -0.338 e. The van der Waals surface area contributed by atoms with Crippen molar-refractivity contribution in [1.82, 2.24) is 14.5 Å². The smallest absolute Gasteiger partial charge is 0.256 e. The summed E-state index contributed by atoms with van der Waals surface area (Å²) in [6, 6.07) is 0. The Morgan fingerprint density at radius 2 is 2.12 bits per heavy atom. The van der Waals surface area contributed by atoms with Gasteiger partial charge in [-0.1, -0.05) is 0 Å². The van der Waals surface area contributed by atoms with Crippen molar-refractivity contribution < 1.29 is 9.59 Å². The molecule has 2 rings (SSSR count). The van der Waals surface area contributed by atoms with Gasteiger partial charge in [0.15, 0.2) is 0 Å². The molecule has 0 radical (unpaired) electrons. The number of hydrogen-bond donors (Lipinski definition) is 0. The molecule has 0 N–H and O–H groups in total. The highest BCUT2D eigenvalue weighted by atomic mass is 16.2. The molecule has 1 aliphatic heterocycles. The summed E-state index contributed by atoms with van der Waals surface area (Å²) in [6.45, 7) is 2.04. The number of imide groups is 1.